The van der Waals surface area contributed by atoms with Crippen molar-refractivity contribution in [3.8, 4) is 6.07 Å². The molecule has 2 aromatic rings. The summed E-state index contributed by atoms with van der Waals surface area (Å²) >= 11 is 0. The second-order valence-corrected chi connectivity index (χ2v) is 5.43. The molecule has 22 heavy (non-hydrogen) atoms. The molecule has 0 bridgehead atoms. The van der Waals surface area contributed by atoms with Gasteiger partial charge in [0.25, 0.3) is 0 Å². The zero-order valence-electron chi connectivity index (χ0n) is 12.8. The lowest BCUT2D eigenvalue weighted by atomic mass is 10.2. The third-order valence-electron chi connectivity index (χ3n) is 4.03. The number of nitriles is 1. The second kappa shape index (κ2) is 5.98. The van der Waals surface area contributed by atoms with Crippen LogP contribution in [0.25, 0.3) is 0 Å². The molecule has 6 nitrogen and oxygen atoms in total. The zero-order chi connectivity index (χ0) is 15.5. The van der Waals surface area contributed by atoms with Crippen LogP contribution in [0.3, 0.4) is 0 Å². The van der Waals surface area contributed by atoms with Crippen molar-refractivity contribution in [3.05, 3.63) is 41.2 Å². The quantitative estimate of drug-likeness (QED) is 0.839. The van der Waals surface area contributed by atoms with Gasteiger partial charge in [-0.15, -0.1) is 5.10 Å². The summed E-state index contributed by atoms with van der Waals surface area (Å²) in [6, 6.07) is 7.90. The number of rotatable bonds is 2. The van der Waals surface area contributed by atoms with Crippen molar-refractivity contribution in [2.75, 3.05) is 36.0 Å². The molecule has 2 aromatic heterocycles. The van der Waals surface area contributed by atoms with Crippen LogP contribution >= 0.6 is 0 Å². The molecule has 0 unspecified atom stereocenters. The summed E-state index contributed by atoms with van der Waals surface area (Å²) in [6.07, 6.45) is 1.73. The lowest BCUT2D eigenvalue weighted by molar-refractivity contribution is 0.636. The van der Waals surface area contributed by atoms with E-state index in [4.69, 9.17) is 0 Å². The van der Waals surface area contributed by atoms with Gasteiger partial charge < -0.3 is 9.80 Å². The molecule has 1 saturated heterocycles. The van der Waals surface area contributed by atoms with E-state index >= 15 is 0 Å². The van der Waals surface area contributed by atoms with Crippen molar-refractivity contribution in [2.45, 2.75) is 13.8 Å². The van der Waals surface area contributed by atoms with Crippen molar-refractivity contribution in [3.63, 3.8) is 0 Å². The predicted molar refractivity (Wildman–Crippen MR) is 84.9 cm³/mol. The van der Waals surface area contributed by atoms with Crippen LogP contribution in [0.15, 0.2) is 24.4 Å². The van der Waals surface area contributed by atoms with E-state index < -0.39 is 0 Å². The van der Waals surface area contributed by atoms with E-state index in [9.17, 15) is 5.26 Å². The van der Waals surface area contributed by atoms with Crippen LogP contribution in [0.4, 0.5) is 11.6 Å². The summed E-state index contributed by atoms with van der Waals surface area (Å²) in [5, 5.41) is 17.7. The van der Waals surface area contributed by atoms with Crippen molar-refractivity contribution in [2.24, 2.45) is 0 Å². The average molecular weight is 294 g/mol. The van der Waals surface area contributed by atoms with Gasteiger partial charge in [0, 0.05) is 32.4 Å². The minimum Gasteiger partial charge on any atom is -0.352 e. The highest BCUT2D eigenvalue weighted by molar-refractivity contribution is 5.55. The minimum atomic E-state index is 0.627. The molecule has 1 fully saturated rings. The molecule has 1 aliphatic heterocycles. The third-order valence-corrected chi connectivity index (χ3v) is 4.03. The number of hydrogen-bond acceptors (Lipinski definition) is 6. The standard InChI is InChI=1S/C16H18N6/c1-12-10-15(20-19-13(12)2)21-6-8-22(9-7-21)16-14(11-17)4-3-5-18-16/h3-5,10H,6-9H2,1-2H3. The van der Waals surface area contributed by atoms with Gasteiger partial charge in [-0.3, -0.25) is 0 Å². The number of aryl methyl sites for hydroxylation is 2. The van der Waals surface area contributed by atoms with Gasteiger partial charge in [0.2, 0.25) is 0 Å². The number of pyridine rings is 1. The first-order valence-electron chi connectivity index (χ1n) is 7.35. The van der Waals surface area contributed by atoms with Gasteiger partial charge in [0.15, 0.2) is 5.82 Å². The molecule has 112 valence electrons. The monoisotopic (exact) mass is 294 g/mol. The van der Waals surface area contributed by atoms with Crippen LogP contribution in [-0.4, -0.2) is 41.4 Å². The fourth-order valence-electron chi connectivity index (χ4n) is 2.57. The van der Waals surface area contributed by atoms with E-state index in [1.54, 1.807) is 12.3 Å². The highest BCUT2D eigenvalue weighted by Crippen LogP contribution is 2.20. The van der Waals surface area contributed by atoms with E-state index in [0.29, 0.717) is 5.56 Å². The first-order valence-corrected chi connectivity index (χ1v) is 7.35. The van der Waals surface area contributed by atoms with Crippen LogP contribution in [0.2, 0.25) is 0 Å². The van der Waals surface area contributed by atoms with Crippen LogP contribution in [-0.2, 0) is 0 Å². The van der Waals surface area contributed by atoms with Crippen molar-refractivity contribution in [1.29, 1.82) is 5.26 Å². The fourth-order valence-corrected chi connectivity index (χ4v) is 2.57. The molecule has 0 atom stereocenters. The Morgan fingerprint density at radius 3 is 2.50 bits per heavy atom. The minimum absolute atomic E-state index is 0.627. The zero-order valence-corrected chi connectivity index (χ0v) is 12.8. The van der Waals surface area contributed by atoms with E-state index in [0.717, 1.165) is 49.1 Å². The molecule has 0 saturated carbocycles. The van der Waals surface area contributed by atoms with Gasteiger partial charge in [0.05, 0.1) is 11.3 Å². The predicted octanol–water partition coefficient (Wildman–Crippen LogP) is 1.69. The molecular weight excluding hydrogens is 276 g/mol. The summed E-state index contributed by atoms with van der Waals surface area (Å²) < 4.78 is 0. The van der Waals surface area contributed by atoms with Crippen LogP contribution < -0.4 is 9.80 Å². The summed E-state index contributed by atoms with van der Waals surface area (Å²) in [7, 11) is 0. The van der Waals surface area contributed by atoms with Crippen molar-refractivity contribution in [1.82, 2.24) is 15.2 Å². The van der Waals surface area contributed by atoms with Gasteiger partial charge in [-0.1, -0.05) is 0 Å². The molecule has 0 N–H and O–H groups in total. The molecule has 0 aromatic carbocycles. The van der Waals surface area contributed by atoms with Gasteiger partial charge >= 0.3 is 0 Å². The highest BCUT2D eigenvalue weighted by Gasteiger charge is 2.21. The number of anilines is 2. The number of aromatic nitrogens is 3. The Morgan fingerprint density at radius 2 is 1.82 bits per heavy atom. The van der Waals surface area contributed by atoms with Gasteiger partial charge in [-0.2, -0.15) is 10.4 Å². The number of hydrogen-bond donors (Lipinski definition) is 0. The van der Waals surface area contributed by atoms with E-state index in [2.05, 4.69) is 44.0 Å². The maximum absolute atomic E-state index is 9.19. The van der Waals surface area contributed by atoms with E-state index in [1.807, 2.05) is 13.0 Å². The summed E-state index contributed by atoms with van der Waals surface area (Å²) in [6.45, 7) is 7.35. The Balaban J connectivity index is 1.72. The average Bonchev–Trinajstić information content (AvgIpc) is 2.57. The van der Waals surface area contributed by atoms with Crippen LogP contribution in [0.5, 0.6) is 0 Å². The number of nitrogens with zero attached hydrogens (tertiary/aromatic N) is 6. The normalized spacial score (nSPS) is 14.8. The Bertz CT molecular complexity index is 713. The Kier molecular flexibility index (Phi) is 3.88. The van der Waals surface area contributed by atoms with Crippen LogP contribution in [0, 0.1) is 25.2 Å². The Hall–Kier alpha value is -2.68. The summed E-state index contributed by atoms with van der Waals surface area (Å²) in [5.41, 5.74) is 2.75. The molecule has 0 spiro atoms. The Labute approximate surface area is 130 Å². The van der Waals surface area contributed by atoms with Crippen LogP contribution in [0.1, 0.15) is 16.8 Å². The lowest BCUT2D eigenvalue weighted by Crippen LogP contribution is -2.47. The number of piperazine rings is 1. The second-order valence-electron chi connectivity index (χ2n) is 5.43. The maximum Gasteiger partial charge on any atom is 0.151 e. The fraction of sp³-hybridized carbons (Fsp3) is 0.375. The molecule has 0 radical (unpaired) electrons. The largest absolute Gasteiger partial charge is 0.352 e. The van der Waals surface area contributed by atoms with Gasteiger partial charge in [-0.25, -0.2) is 4.98 Å². The highest BCUT2D eigenvalue weighted by atomic mass is 15.3. The molecule has 3 heterocycles. The molecule has 6 heteroatoms. The van der Waals surface area contributed by atoms with Crippen molar-refractivity contribution >= 4 is 11.6 Å². The lowest BCUT2D eigenvalue weighted by Gasteiger charge is -2.36. The van der Waals surface area contributed by atoms with E-state index in [-0.39, 0.29) is 0 Å². The third kappa shape index (κ3) is 2.70. The maximum atomic E-state index is 9.19. The molecule has 0 aliphatic carbocycles. The SMILES string of the molecule is Cc1cc(N2CCN(c3ncccc3C#N)CC2)nnc1C. The smallest absolute Gasteiger partial charge is 0.151 e. The molecule has 0 amide bonds. The molecule has 1 aliphatic rings. The van der Waals surface area contributed by atoms with Gasteiger partial charge in [0.1, 0.15) is 11.9 Å². The summed E-state index contributed by atoms with van der Waals surface area (Å²) in [4.78, 5) is 8.74. The first-order chi connectivity index (χ1) is 10.7. The van der Waals surface area contributed by atoms with E-state index in [1.165, 1.54) is 0 Å². The topological polar surface area (TPSA) is 68.9 Å². The molecular formula is C16H18N6. The van der Waals surface area contributed by atoms with Crippen molar-refractivity contribution < 1.29 is 0 Å². The Morgan fingerprint density at radius 1 is 1.09 bits per heavy atom. The van der Waals surface area contributed by atoms with Gasteiger partial charge in [-0.05, 0) is 37.6 Å². The summed E-state index contributed by atoms with van der Waals surface area (Å²) in [5.74, 6) is 1.69. The molecule has 3 rings (SSSR count). The first kappa shape index (κ1) is 14.3.